The minimum absolute atomic E-state index is 0.0930. The third-order valence-electron chi connectivity index (χ3n) is 3.82. The molecule has 1 aromatic rings. The molecule has 1 unspecified atom stereocenters. The fourth-order valence-electron chi connectivity index (χ4n) is 2.87. The summed E-state index contributed by atoms with van der Waals surface area (Å²) in [6.07, 6.45) is 1.52. The molecule has 0 spiro atoms. The van der Waals surface area contributed by atoms with E-state index in [2.05, 4.69) is 25.1 Å². The molecular formula is C17H26N2O2. The predicted octanol–water partition coefficient (Wildman–Crippen LogP) is 3.39. The third kappa shape index (κ3) is 3.56. The molecule has 0 aromatic heterocycles. The molecule has 21 heavy (non-hydrogen) atoms. The highest BCUT2D eigenvalue weighted by Crippen LogP contribution is 2.33. The lowest BCUT2D eigenvalue weighted by Gasteiger charge is -2.38. The van der Waals surface area contributed by atoms with Gasteiger partial charge in [-0.2, -0.15) is 0 Å². The molecule has 2 rings (SSSR count). The number of benzene rings is 1. The zero-order valence-corrected chi connectivity index (χ0v) is 13.5. The van der Waals surface area contributed by atoms with E-state index in [1.165, 1.54) is 11.1 Å². The van der Waals surface area contributed by atoms with Gasteiger partial charge in [0, 0.05) is 13.1 Å². The Balaban J connectivity index is 2.25. The van der Waals surface area contributed by atoms with Crippen LogP contribution in [0.2, 0.25) is 0 Å². The first-order chi connectivity index (χ1) is 9.85. The second kappa shape index (κ2) is 6.06. The Morgan fingerprint density at radius 2 is 2.14 bits per heavy atom. The van der Waals surface area contributed by atoms with Gasteiger partial charge < -0.3 is 15.4 Å². The molecule has 0 saturated heterocycles. The predicted molar refractivity (Wildman–Crippen MR) is 84.0 cm³/mol. The standard InChI is InChI=1S/C17H26N2O2/c1-5-15-14-7-6-12(11-18)10-13(14)8-9-19(15)16(20)21-17(2,3)4/h6-7,10,15H,5,8-9,11,18H2,1-4H3. The molecule has 0 radical (unpaired) electrons. The summed E-state index contributed by atoms with van der Waals surface area (Å²) in [5.41, 5.74) is 8.94. The highest BCUT2D eigenvalue weighted by atomic mass is 16.6. The van der Waals surface area contributed by atoms with Crippen molar-refractivity contribution < 1.29 is 9.53 Å². The lowest BCUT2D eigenvalue weighted by molar-refractivity contribution is 0.0137. The van der Waals surface area contributed by atoms with Crippen LogP contribution in [0.3, 0.4) is 0 Å². The number of hydrogen-bond acceptors (Lipinski definition) is 3. The molecule has 1 aliphatic rings. The summed E-state index contributed by atoms with van der Waals surface area (Å²) in [7, 11) is 0. The van der Waals surface area contributed by atoms with Gasteiger partial charge in [-0.15, -0.1) is 0 Å². The van der Waals surface area contributed by atoms with Crippen molar-refractivity contribution in [1.29, 1.82) is 0 Å². The highest BCUT2D eigenvalue weighted by Gasteiger charge is 2.32. The molecule has 1 aromatic carbocycles. The number of nitrogens with zero attached hydrogens (tertiary/aromatic N) is 1. The topological polar surface area (TPSA) is 55.6 Å². The van der Waals surface area contributed by atoms with Gasteiger partial charge in [-0.25, -0.2) is 4.79 Å². The van der Waals surface area contributed by atoms with E-state index in [9.17, 15) is 4.79 Å². The van der Waals surface area contributed by atoms with E-state index < -0.39 is 5.60 Å². The molecule has 1 aliphatic heterocycles. The van der Waals surface area contributed by atoms with Crippen molar-refractivity contribution in [1.82, 2.24) is 4.90 Å². The first-order valence-corrected chi connectivity index (χ1v) is 7.67. The van der Waals surface area contributed by atoms with Gasteiger partial charge in [-0.1, -0.05) is 25.1 Å². The largest absolute Gasteiger partial charge is 0.444 e. The van der Waals surface area contributed by atoms with Crippen LogP contribution in [0.4, 0.5) is 4.79 Å². The summed E-state index contributed by atoms with van der Waals surface area (Å²) < 4.78 is 5.54. The molecule has 0 saturated carbocycles. The summed E-state index contributed by atoms with van der Waals surface area (Å²) >= 11 is 0. The first kappa shape index (κ1) is 15.8. The average molecular weight is 290 g/mol. The van der Waals surface area contributed by atoms with Gasteiger partial charge in [-0.05, 0) is 50.3 Å². The van der Waals surface area contributed by atoms with Crippen LogP contribution in [-0.4, -0.2) is 23.1 Å². The Bertz CT molecular complexity index is 520. The Hall–Kier alpha value is -1.55. The van der Waals surface area contributed by atoms with E-state index in [1.54, 1.807) is 0 Å². The number of nitrogens with two attached hydrogens (primary N) is 1. The second-order valence-corrected chi connectivity index (χ2v) is 6.59. The summed E-state index contributed by atoms with van der Waals surface area (Å²) in [6.45, 7) is 9.06. The van der Waals surface area contributed by atoms with E-state index in [-0.39, 0.29) is 12.1 Å². The molecular weight excluding hydrogens is 264 g/mol. The van der Waals surface area contributed by atoms with Gasteiger partial charge in [0.25, 0.3) is 0 Å². The maximum absolute atomic E-state index is 12.4. The van der Waals surface area contributed by atoms with Gasteiger partial charge in [0.1, 0.15) is 5.60 Å². The highest BCUT2D eigenvalue weighted by molar-refractivity contribution is 5.69. The van der Waals surface area contributed by atoms with E-state index in [0.717, 1.165) is 18.4 Å². The number of amides is 1. The van der Waals surface area contributed by atoms with Gasteiger partial charge >= 0.3 is 6.09 Å². The molecule has 1 atom stereocenters. The molecule has 2 N–H and O–H groups in total. The Labute approximate surface area is 127 Å². The molecule has 0 fully saturated rings. The summed E-state index contributed by atoms with van der Waals surface area (Å²) in [5, 5.41) is 0. The second-order valence-electron chi connectivity index (χ2n) is 6.59. The number of carbonyl (C=O) groups is 1. The number of ether oxygens (including phenoxy) is 1. The van der Waals surface area contributed by atoms with Gasteiger partial charge in [0.05, 0.1) is 6.04 Å². The van der Waals surface area contributed by atoms with E-state index >= 15 is 0 Å². The fraction of sp³-hybridized carbons (Fsp3) is 0.588. The maximum atomic E-state index is 12.4. The van der Waals surface area contributed by atoms with Crippen molar-refractivity contribution in [3.63, 3.8) is 0 Å². The zero-order valence-electron chi connectivity index (χ0n) is 13.5. The molecule has 1 heterocycles. The van der Waals surface area contributed by atoms with Crippen LogP contribution >= 0.6 is 0 Å². The van der Waals surface area contributed by atoms with Crippen LogP contribution in [0.5, 0.6) is 0 Å². The lowest BCUT2D eigenvalue weighted by atomic mass is 9.90. The first-order valence-electron chi connectivity index (χ1n) is 7.67. The van der Waals surface area contributed by atoms with Gasteiger partial charge in [0.15, 0.2) is 0 Å². The van der Waals surface area contributed by atoms with Gasteiger partial charge in [-0.3, -0.25) is 0 Å². The summed E-state index contributed by atoms with van der Waals surface area (Å²) in [4.78, 5) is 14.3. The monoisotopic (exact) mass is 290 g/mol. The fourth-order valence-corrected chi connectivity index (χ4v) is 2.87. The minimum atomic E-state index is -0.459. The lowest BCUT2D eigenvalue weighted by Crippen LogP contribution is -2.42. The number of rotatable bonds is 2. The van der Waals surface area contributed by atoms with Gasteiger partial charge in [0.2, 0.25) is 0 Å². The molecule has 1 amide bonds. The Morgan fingerprint density at radius 3 is 2.71 bits per heavy atom. The molecule has 0 bridgehead atoms. The average Bonchev–Trinajstić information content (AvgIpc) is 2.43. The van der Waals surface area contributed by atoms with Crippen LogP contribution < -0.4 is 5.73 Å². The van der Waals surface area contributed by atoms with Crippen molar-refractivity contribution >= 4 is 6.09 Å². The summed E-state index contributed by atoms with van der Waals surface area (Å²) in [6, 6.07) is 6.43. The molecule has 0 aliphatic carbocycles. The Kier molecular flexibility index (Phi) is 4.57. The van der Waals surface area contributed by atoms with Crippen molar-refractivity contribution in [3.05, 3.63) is 34.9 Å². The quantitative estimate of drug-likeness (QED) is 0.908. The molecule has 116 valence electrons. The van der Waals surface area contributed by atoms with E-state index in [1.807, 2.05) is 25.7 Å². The van der Waals surface area contributed by atoms with E-state index in [0.29, 0.717) is 13.1 Å². The number of carbonyl (C=O) groups excluding carboxylic acids is 1. The maximum Gasteiger partial charge on any atom is 0.410 e. The van der Waals surface area contributed by atoms with Crippen molar-refractivity contribution in [3.8, 4) is 0 Å². The third-order valence-corrected chi connectivity index (χ3v) is 3.82. The SMILES string of the molecule is CCC1c2ccc(CN)cc2CCN1C(=O)OC(C)(C)C. The van der Waals surface area contributed by atoms with Crippen LogP contribution in [0.1, 0.15) is 56.8 Å². The number of fused-ring (bicyclic) bond motifs is 1. The van der Waals surface area contributed by atoms with Crippen LogP contribution in [0.25, 0.3) is 0 Å². The van der Waals surface area contributed by atoms with Crippen LogP contribution in [0, 0.1) is 0 Å². The van der Waals surface area contributed by atoms with Crippen molar-refractivity contribution in [2.45, 2.75) is 58.7 Å². The normalized spacial score (nSPS) is 18.3. The Morgan fingerprint density at radius 1 is 1.43 bits per heavy atom. The summed E-state index contributed by atoms with van der Waals surface area (Å²) in [5.74, 6) is 0. The van der Waals surface area contributed by atoms with E-state index in [4.69, 9.17) is 10.5 Å². The zero-order chi connectivity index (χ0) is 15.6. The molecule has 4 heteroatoms. The molecule has 4 nitrogen and oxygen atoms in total. The minimum Gasteiger partial charge on any atom is -0.444 e. The smallest absolute Gasteiger partial charge is 0.410 e. The van der Waals surface area contributed by atoms with Crippen molar-refractivity contribution in [2.75, 3.05) is 6.54 Å². The van der Waals surface area contributed by atoms with Crippen LogP contribution in [-0.2, 0) is 17.7 Å². The van der Waals surface area contributed by atoms with Crippen LogP contribution in [0.15, 0.2) is 18.2 Å². The van der Waals surface area contributed by atoms with Crippen molar-refractivity contribution in [2.24, 2.45) is 5.73 Å². The number of hydrogen-bond donors (Lipinski definition) is 1.